The first kappa shape index (κ1) is 17.3. The predicted octanol–water partition coefficient (Wildman–Crippen LogP) is -0.119. The Hall–Kier alpha value is -1.72. The van der Waals surface area contributed by atoms with Crippen molar-refractivity contribution in [2.24, 2.45) is 7.05 Å². The Morgan fingerprint density at radius 2 is 2.00 bits per heavy atom. The van der Waals surface area contributed by atoms with Gasteiger partial charge in [0.2, 0.25) is 5.82 Å². The van der Waals surface area contributed by atoms with E-state index in [0.29, 0.717) is 5.69 Å². The first-order chi connectivity index (χ1) is 9.64. The zero-order chi connectivity index (χ0) is 16.2. The van der Waals surface area contributed by atoms with Crippen LogP contribution in [0.1, 0.15) is 19.5 Å². The number of aromatic nitrogens is 2. The summed E-state index contributed by atoms with van der Waals surface area (Å²) in [6.45, 7) is 5.24. The van der Waals surface area contributed by atoms with E-state index in [4.69, 9.17) is 0 Å². The second-order valence-corrected chi connectivity index (χ2v) is 6.29. The molecule has 0 atom stereocenters. The average Bonchev–Trinajstić information content (AvgIpc) is 2.57. The fraction of sp³-hybridized carbons (Fsp3) is 0.700. The summed E-state index contributed by atoms with van der Waals surface area (Å²) in [4.78, 5) is 10.4. The van der Waals surface area contributed by atoms with Crippen molar-refractivity contribution in [2.45, 2.75) is 26.8 Å². The maximum atomic E-state index is 11.5. The van der Waals surface area contributed by atoms with E-state index >= 15 is 0 Å². The second-order valence-electron chi connectivity index (χ2n) is 4.76. The number of aryl methyl sites for hydroxylation is 2. The summed E-state index contributed by atoms with van der Waals surface area (Å²) in [5.74, 6) is 0.244. The lowest BCUT2D eigenvalue weighted by Gasteiger charge is -2.11. The van der Waals surface area contributed by atoms with Crippen LogP contribution in [0.5, 0.6) is 0 Å². The minimum Gasteiger partial charge on any atom is -0.363 e. The molecule has 1 aromatic heterocycles. The van der Waals surface area contributed by atoms with Crippen LogP contribution in [0.25, 0.3) is 0 Å². The van der Waals surface area contributed by atoms with Gasteiger partial charge in [-0.05, 0) is 20.8 Å². The minimum atomic E-state index is -3.56. The normalized spacial score (nSPS) is 11.9. The third kappa shape index (κ3) is 4.95. The molecule has 11 heteroatoms. The highest BCUT2D eigenvalue weighted by Crippen LogP contribution is 2.26. The summed E-state index contributed by atoms with van der Waals surface area (Å²) in [7, 11) is -1.99. The van der Waals surface area contributed by atoms with Gasteiger partial charge in [-0.1, -0.05) is 0 Å². The number of hydrogen-bond acceptors (Lipinski definition) is 6. The van der Waals surface area contributed by atoms with Gasteiger partial charge in [0.1, 0.15) is 5.69 Å². The van der Waals surface area contributed by atoms with Gasteiger partial charge in [-0.3, -0.25) is 10.1 Å². The van der Waals surface area contributed by atoms with E-state index < -0.39 is 15.1 Å². The number of nitrogens with zero attached hydrogens (tertiary/aromatic N) is 3. The molecule has 0 fully saturated rings. The van der Waals surface area contributed by atoms with Crippen LogP contribution in [0.15, 0.2) is 0 Å². The van der Waals surface area contributed by atoms with Gasteiger partial charge in [0.15, 0.2) is 0 Å². The van der Waals surface area contributed by atoms with E-state index in [2.05, 4.69) is 19.9 Å². The molecule has 0 saturated heterocycles. The maximum absolute atomic E-state index is 11.5. The van der Waals surface area contributed by atoms with Crippen LogP contribution >= 0.6 is 0 Å². The third-order valence-corrected chi connectivity index (χ3v) is 3.84. The highest BCUT2D eigenvalue weighted by Gasteiger charge is 2.23. The maximum Gasteiger partial charge on any atom is 0.333 e. The van der Waals surface area contributed by atoms with Crippen molar-refractivity contribution in [2.75, 3.05) is 18.4 Å². The van der Waals surface area contributed by atoms with E-state index in [1.54, 1.807) is 27.8 Å². The van der Waals surface area contributed by atoms with Gasteiger partial charge < -0.3 is 5.32 Å². The van der Waals surface area contributed by atoms with Crippen molar-refractivity contribution in [3.63, 3.8) is 0 Å². The summed E-state index contributed by atoms with van der Waals surface area (Å²) in [5.41, 5.74) is 0.188. The van der Waals surface area contributed by atoms with Gasteiger partial charge in [0, 0.05) is 26.2 Å². The van der Waals surface area contributed by atoms with Gasteiger partial charge in [-0.2, -0.15) is 18.2 Å². The first-order valence-corrected chi connectivity index (χ1v) is 7.81. The Bertz CT molecular complexity index is 609. The van der Waals surface area contributed by atoms with Gasteiger partial charge >= 0.3 is 5.69 Å². The monoisotopic (exact) mass is 320 g/mol. The first-order valence-electron chi connectivity index (χ1n) is 6.33. The van der Waals surface area contributed by atoms with Crippen LogP contribution in [0.3, 0.4) is 0 Å². The van der Waals surface area contributed by atoms with Crippen molar-refractivity contribution in [3.8, 4) is 0 Å². The molecule has 0 spiro atoms. The van der Waals surface area contributed by atoms with Crippen molar-refractivity contribution < 1.29 is 13.3 Å². The summed E-state index contributed by atoms with van der Waals surface area (Å²) in [5, 5.41) is 17.7. The second kappa shape index (κ2) is 6.83. The van der Waals surface area contributed by atoms with E-state index in [-0.39, 0.29) is 30.6 Å². The summed E-state index contributed by atoms with van der Waals surface area (Å²) >= 11 is 0. The molecule has 0 radical (unpaired) electrons. The zero-order valence-corrected chi connectivity index (χ0v) is 13.2. The molecule has 0 aromatic carbocycles. The van der Waals surface area contributed by atoms with Crippen LogP contribution < -0.4 is 14.8 Å². The van der Waals surface area contributed by atoms with Crippen LogP contribution in [0, 0.1) is 17.0 Å². The van der Waals surface area contributed by atoms with Gasteiger partial charge in [-0.25, -0.2) is 9.40 Å². The molecule has 0 aliphatic rings. The zero-order valence-electron chi connectivity index (χ0n) is 12.4. The highest BCUT2D eigenvalue weighted by molar-refractivity contribution is 7.87. The van der Waals surface area contributed by atoms with Crippen LogP contribution in [0.2, 0.25) is 0 Å². The Labute approximate surface area is 123 Å². The Morgan fingerprint density at radius 3 is 2.52 bits per heavy atom. The van der Waals surface area contributed by atoms with Crippen LogP contribution in [-0.2, 0) is 17.3 Å². The summed E-state index contributed by atoms with van der Waals surface area (Å²) in [6.07, 6.45) is 0. The van der Waals surface area contributed by atoms with Crippen LogP contribution in [-0.4, -0.2) is 42.3 Å². The molecule has 0 unspecified atom stereocenters. The SMILES string of the molecule is Cc1nn(C)c(NCCNS(=O)(=O)NC(C)C)c1[N+](=O)[O-]. The molecular formula is C10H20N6O4S. The van der Waals surface area contributed by atoms with E-state index in [0.717, 1.165) is 0 Å². The molecule has 0 aliphatic heterocycles. The lowest BCUT2D eigenvalue weighted by atomic mass is 10.4. The van der Waals surface area contributed by atoms with Gasteiger partial charge in [-0.15, -0.1) is 0 Å². The fourth-order valence-corrected chi connectivity index (χ4v) is 2.86. The van der Waals surface area contributed by atoms with Gasteiger partial charge in [0.25, 0.3) is 10.2 Å². The lowest BCUT2D eigenvalue weighted by molar-refractivity contribution is -0.384. The van der Waals surface area contributed by atoms with E-state index in [1.165, 1.54) is 4.68 Å². The highest BCUT2D eigenvalue weighted by atomic mass is 32.2. The molecule has 0 saturated carbocycles. The standard InChI is InChI=1S/C10H20N6O4S/c1-7(2)14-21(19,20)12-6-5-11-10-9(16(17)18)8(3)13-15(10)4/h7,11-12,14H,5-6H2,1-4H3. The topological polar surface area (TPSA) is 131 Å². The third-order valence-electron chi connectivity index (χ3n) is 2.47. The molecule has 0 aliphatic carbocycles. The molecule has 0 bridgehead atoms. The number of rotatable bonds is 8. The molecule has 10 nitrogen and oxygen atoms in total. The Balaban J connectivity index is 2.60. The molecule has 1 aromatic rings. The van der Waals surface area contributed by atoms with E-state index in [9.17, 15) is 18.5 Å². The molecular weight excluding hydrogens is 300 g/mol. The van der Waals surface area contributed by atoms with Crippen molar-refractivity contribution >= 4 is 21.7 Å². The molecule has 1 rings (SSSR count). The molecule has 1 heterocycles. The Kier molecular flexibility index (Phi) is 5.63. The molecule has 21 heavy (non-hydrogen) atoms. The average molecular weight is 320 g/mol. The number of nitrogens with one attached hydrogen (secondary N) is 3. The molecule has 120 valence electrons. The quantitative estimate of drug-likeness (QED) is 0.348. The van der Waals surface area contributed by atoms with Crippen molar-refractivity contribution in [1.29, 1.82) is 0 Å². The number of hydrogen-bond donors (Lipinski definition) is 3. The van der Waals surface area contributed by atoms with Crippen molar-refractivity contribution in [3.05, 3.63) is 15.8 Å². The van der Waals surface area contributed by atoms with Crippen LogP contribution in [0.4, 0.5) is 11.5 Å². The largest absolute Gasteiger partial charge is 0.363 e. The predicted molar refractivity (Wildman–Crippen MR) is 78.3 cm³/mol. The minimum absolute atomic E-state index is 0.0867. The molecule has 0 amide bonds. The van der Waals surface area contributed by atoms with Gasteiger partial charge in [0.05, 0.1) is 4.92 Å². The summed E-state index contributed by atoms with van der Waals surface area (Å²) in [6, 6.07) is -0.212. The number of anilines is 1. The van der Waals surface area contributed by atoms with E-state index in [1.807, 2.05) is 0 Å². The van der Waals surface area contributed by atoms with Crippen molar-refractivity contribution in [1.82, 2.24) is 19.2 Å². The number of nitro groups is 1. The fourth-order valence-electron chi connectivity index (χ4n) is 1.78. The lowest BCUT2D eigenvalue weighted by Crippen LogP contribution is -2.42. The smallest absolute Gasteiger partial charge is 0.333 e. The summed E-state index contributed by atoms with van der Waals surface area (Å²) < 4.78 is 29.1. The Morgan fingerprint density at radius 1 is 1.38 bits per heavy atom. The molecule has 3 N–H and O–H groups in total.